The third-order valence-corrected chi connectivity index (χ3v) is 4.51. The minimum atomic E-state index is -0.738. The van der Waals surface area contributed by atoms with Gasteiger partial charge in [0.2, 0.25) is 5.91 Å². The maximum atomic E-state index is 12.5. The van der Waals surface area contributed by atoms with Crippen LogP contribution in [0.3, 0.4) is 0 Å². The number of aryl methyl sites for hydroxylation is 4. The molecule has 3 rings (SSSR count). The van der Waals surface area contributed by atoms with Gasteiger partial charge < -0.3 is 5.32 Å². The molecule has 0 aliphatic carbocycles. The van der Waals surface area contributed by atoms with Gasteiger partial charge in [-0.3, -0.25) is 23.5 Å². The molecule has 0 atom stereocenters. The Hall–Kier alpha value is -3.41. The van der Waals surface area contributed by atoms with Gasteiger partial charge in [0.15, 0.2) is 0 Å². The molecule has 0 aliphatic rings. The fourth-order valence-electron chi connectivity index (χ4n) is 3.22. The minimum Gasteiger partial charge on any atom is -0.324 e. The number of carbonyl (C=O) groups is 1. The Kier molecular flexibility index (Phi) is 5.31. The fraction of sp³-hybridized carbons (Fsp3) is 0.227. The van der Waals surface area contributed by atoms with E-state index in [4.69, 9.17) is 0 Å². The first-order chi connectivity index (χ1) is 13.2. The van der Waals surface area contributed by atoms with Crippen molar-refractivity contribution in [3.05, 3.63) is 91.8 Å². The fourth-order valence-corrected chi connectivity index (χ4v) is 3.22. The highest BCUT2D eigenvalue weighted by Gasteiger charge is 2.11. The maximum absolute atomic E-state index is 12.5. The van der Waals surface area contributed by atoms with E-state index in [9.17, 15) is 14.4 Å². The number of nitrogens with one attached hydrogen (secondary N) is 1. The molecule has 2 aromatic carbocycles. The number of benzene rings is 2. The number of rotatable bonds is 4. The zero-order valence-corrected chi connectivity index (χ0v) is 16.4. The number of aromatic nitrogens is 2. The van der Waals surface area contributed by atoms with Crippen molar-refractivity contribution in [3.8, 4) is 5.69 Å². The van der Waals surface area contributed by atoms with E-state index in [0.717, 1.165) is 26.8 Å². The van der Waals surface area contributed by atoms with Gasteiger partial charge in [0.1, 0.15) is 6.54 Å². The summed E-state index contributed by atoms with van der Waals surface area (Å²) >= 11 is 0. The molecule has 6 heteroatoms. The summed E-state index contributed by atoms with van der Waals surface area (Å²) in [7, 11) is 0. The molecule has 6 nitrogen and oxygen atoms in total. The first-order valence-electron chi connectivity index (χ1n) is 9.02. The van der Waals surface area contributed by atoms with Crippen LogP contribution in [0.5, 0.6) is 0 Å². The van der Waals surface area contributed by atoms with Crippen LogP contribution in [0.25, 0.3) is 5.69 Å². The van der Waals surface area contributed by atoms with Crippen molar-refractivity contribution in [1.29, 1.82) is 0 Å². The van der Waals surface area contributed by atoms with E-state index < -0.39 is 11.1 Å². The van der Waals surface area contributed by atoms with Crippen molar-refractivity contribution in [2.75, 3.05) is 5.32 Å². The molecule has 1 amide bonds. The minimum absolute atomic E-state index is 0.227. The Bertz CT molecular complexity index is 1150. The van der Waals surface area contributed by atoms with Gasteiger partial charge in [-0.2, -0.15) is 0 Å². The van der Waals surface area contributed by atoms with Crippen LogP contribution < -0.4 is 16.4 Å². The molecule has 0 bridgehead atoms. The number of amides is 1. The van der Waals surface area contributed by atoms with Crippen LogP contribution in [-0.2, 0) is 11.3 Å². The predicted molar refractivity (Wildman–Crippen MR) is 110 cm³/mol. The van der Waals surface area contributed by atoms with Gasteiger partial charge in [-0.25, -0.2) is 0 Å². The van der Waals surface area contributed by atoms with Crippen molar-refractivity contribution in [1.82, 2.24) is 9.13 Å². The summed E-state index contributed by atoms with van der Waals surface area (Å²) < 4.78 is 2.43. The second-order valence-electron chi connectivity index (χ2n) is 7.12. The number of carbonyl (C=O) groups excluding carboxylic acids is 1. The van der Waals surface area contributed by atoms with Gasteiger partial charge in [0.25, 0.3) is 0 Å². The van der Waals surface area contributed by atoms with Crippen molar-refractivity contribution in [2.24, 2.45) is 0 Å². The molecule has 1 N–H and O–H groups in total. The molecule has 1 aromatic heterocycles. The Morgan fingerprint density at radius 2 is 1.54 bits per heavy atom. The average Bonchev–Trinajstić information content (AvgIpc) is 2.61. The van der Waals surface area contributed by atoms with E-state index >= 15 is 0 Å². The summed E-state index contributed by atoms with van der Waals surface area (Å²) in [6.45, 7) is 7.51. The van der Waals surface area contributed by atoms with Crippen molar-refractivity contribution in [2.45, 2.75) is 34.2 Å². The van der Waals surface area contributed by atoms with E-state index in [1.165, 1.54) is 17.0 Å². The second kappa shape index (κ2) is 7.68. The van der Waals surface area contributed by atoms with E-state index in [2.05, 4.69) is 5.32 Å². The number of hydrogen-bond donors (Lipinski definition) is 1. The van der Waals surface area contributed by atoms with Gasteiger partial charge >= 0.3 is 11.1 Å². The zero-order chi connectivity index (χ0) is 20.4. The average molecular weight is 377 g/mol. The molecular weight excluding hydrogens is 354 g/mol. The van der Waals surface area contributed by atoms with Gasteiger partial charge in [-0.15, -0.1) is 0 Å². The molecule has 0 saturated heterocycles. The summed E-state index contributed by atoms with van der Waals surface area (Å²) in [4.78, 5) is 37.4. The molecule has 3 aromatic rings. The largest absolute Gasteiger partial charge is 0.324 e. The van der Waals surface area contributed by atoms with Crippen molar-refractivity contribution in [3.63, 3.8) is 0 Å². The van der Waals surface area contributed by atoms with E-state index in [-0.39, 0.29) is 12.5 Å². The Labute approximate surface area is 163 Å². The Morgan fingerprint density at radius 1 is 0.857 bits per heavy atom. The molecule has 0 saturated carbocycles. The lowest BCUT2D eigenvalue weighted by molar-refractivity contribution is -0.116. The maximum Gasteiger partial charge on any atom is 0.320 e. The summed E-state index contributed by atoms with van der Waals surface area (Å²) in [6, 6.07) is 11.4. The Balaban J connectivity index is 1.86. The van der Waals surface area contributed by atoms with E-state index in [1.54, 1.807) is 0 Å². The highest BCUT2D eigenvalue weighted by Crippen LogP contribution is 2.16. The second-order valence-corrected chi connectivity index (χ2v) is 7.12. The lowest BCUT2D eigenvalue weighted by Crippen LogP contribution is -2.41. The summed E-state index contributed by atoms with van der Waals surface area (Å²) in [5.41, 5.74) is 3.92. The summed E-state index contributed by atoms with van der Waals surface area (Å²) in [5, 5.41) is 2.79. The monoisotopic (exact) mass is 377 g/mol. The van der Waals surface area contributed by atoms with Gasteiger partial charge in [-0.05, 0) is 62.6 Å². The van der Waals surface area contributed by atoms with E-state index in [1.807, 2.05) is 64.1 Å². The van der Waals surface area contributed by atoms with Crippen LogP contribution in [0.4, 0.5) is 5.69 Å². The SMILES string of the molecule is Cc1cc(C)cc(-n2ccn(CC(=O)Nc3ccc(C)cc3C)c(=O)c2=O)c1. The van der Waals surface area contributed by atoms with Crippen LogP contribution >= 0.6 is 0 Å². The van der Waals surface area contributed by atoms with Crippen LogP contribution in [0.1, 0.15) is 22.3 Å². The quantitative estimate of drug-likeness (QED) is 0.711. The smallest absolute Gasteiger partial charge is 0.320 e. The van der Waals surface area contributed by atoms with Crippen LogP contribution in [0.15, 0.2) is 58.4 Å². The molecule has 0 spiro atoms. The molecule has 144 valence electrons. The molecule has 0 unspecified atom stereocenters. The lowest BCUT2D eigenvalue weighted by atomic mass is 10.1. The van der Waals surface area contributed by atoms with E-state index in [0.29, 0.717) is 11.4 Å². The van der Waals surface area contributed by atoms with Gasteiger partial charge in [0, 0.05) is 23.8 Å². The first-order valence-corrected chi connectivity index (χ1v) is 9.02. The molecule has 1 heterocycles. The van der Waals surface area contributed by atoms with Crippen LogP contribution in [-0.4, -0.2) is 15.0 Å². The van der Waals surface area contributed by atoms with Crippen LogP contribution in [0.2, 0.25) is 0 Å². The number of hydrogen-bond acceptors (Lipinski definition) is 3. The van der Waals surface area contributed by atoms with Crippen molar-refractivity contribution >= 4 is 11.6 Å². The first kappa shape index (κ1) is 19.4. The molecule has 0 fully saturated rings. The zero-order valence-electron chi connectivity index (χ0n) is 16.4. The molecule has 0 radical (unpaired) electrons. The third kappa shape index (κ3) is 4.11. The molecule has 28 heavy (non-hydrogen) atoms. The summed E-state index contributed by atoms with van der Waals surface area (Å²) in [6.07, 6.45) is 2.98. The topological polar surface area (TPSA) is 73.1 Å². The Morgan fingerprint density at radius 3 is 2.18 bits per heavy atom. The molecular formula is C22H23N3O3. The number of anilines is 1. The lowest BCUT2D eigenvalue weighted by Gasteiger charge is -2.12. The third-order valence-electron chi connectivity index (χ3n) is 4.51. The van der Waals surface area contributed by atoms with Crippen LogP contribution in [0, 0.1) is 27.7 Å². The molecule has 0 aliphatic heterocycles. The highest BCUT2D eigenvalue weighted by atomic mass is 16.2. The number of nitrogens with zero attached hydrogens (tertiary/aromatic N) is 2. The summed E-state index contributed by atoms with van der Waals surface area (Å²) in [5.74, 6) is -0.363. The van der Waals surface area contributed by atoms with Gasteiger partial charge in [-0.1, -0.05) is 23.8 Å². The highest BCUT2D eigenvalue weighted by molar-refractivity contribution is 5.91. The van der Waals surface area contributed by atoms with Crippen molar-refractivity contribution < 1.29 is 4.79 Å². The predicted octanol–water partition coefficient (Wildman–Crippen LogP) is 2.87. The normalized spacial score (nSPS) is 10.7. The standard InChI is InChI=1S/C22H23N3O3/c1-14-5-6-19(17(4)10-14)23-20(26)13-24-7-8-25(22(28)21(24)27)18-11-15(2)9-16(3)12-18/h5-12H,13H2,1-4H3,(H,23,26). The van der Waals surface area contributed by atoms with Gasteiger partial charge in [0.05, 0.1) is 0 Å².